The zero-order valence-corrected chi connectivity index (χ0v) is 14.2. The van der Waals surface area contributed by atoms with Gasteiger partial charge >= 0.3 is 6.09 Å². The number of aromatic amines is 1. The van der Waals surface area contributed by atoms with E-state index in [1.165, 1.54) is 6.20 Å². The van der Waals surface area contributed by atoms with Gasteiger partial charge in [-0.2, -0.15) is 5.10 Å². The third-order valence-electron chi connectivity index (χ3n) is 4.33. The fourth-order valence-corrected chi connectivity index (χ4v) is 2.94. The average molecular weight is 367 g/mol. The van der Waals surface area contributed by atoms with E-state index in [4.69, 9.17) is 4.74 Å². The third-order valence-corrected chi connectivity index (χ3v) is 4.33. The quantitative estimate of drug-likeness (QED) is 0.555. The lowest BCUT2D eigenvalue weighted by Gasteiger charge is -2.12. The normalized spacial score (nSPS) is 16.3. The molecule has 4 rings (SSSR count). The maximum Gasteiger partial charge on any atom is 0.412 e. The van der Waals surface area contributed by atoms with Crippen LogP contribution in [0.2, 0.25) is 0 Å². The Balaban J connectivity index is 1.53. The van der Waals surface area contributed by atoms with E-state index in [0.29, 0.717) is 41.9 Å². The Kier molecular flexibility index (Phi) is 4.33. The van der Waals surface area contributed by atoms with Crippen molar-refractivity contribution in [2.75, 3.05) is 6.54 Å². The number of carbonyl (C=O) groups excluding carboxylic acids is 2. The Morgan fingerprint density at radius 1 is 1.33 bits per heavy atom. The number of aromatic nitrogens is 3. The number of phenolic OH excluding ortho intramolecular Hbond substituents is 1. The van der Waals surface area contributed by atoms with Crippen molar-refractivity contribution < 1.29 is 19.4 Å². The minimum Gasteiger partial charge on any atom is -0.508 e. The molecule has 1 atom stereocenters. The summed E-state index contributed by atoms with van der Waals surface area (Å²) in [5.74, 6) is 0.448. The van der Waals surface area contributed by atoms with Crippen LogP contribution in [-0.2, 0) is 4.79 Å². The Bertz CT molecular complexity index is 999. The largest absolute Gasteiger partial charge is 0.508 e. The standard InChI is InChI=1S/C18H17N5O4/c24-12-4-1-10(2-5-12)14-7-15(13-9-20-23-17(13)22-14)27-18(26)19-8-11-3-6-16(25)21-11/h1-2,4-5,7,9,11,24H,3,6,8H2,(H,19,26)(H,21,25)(H,20,22,23). The number of ether oxygens (including phenoxy) is 1. The fourth-order valence-electron chi connectivity index (χ4n) is 2.94. The number of H-pyrrole nitrogens is 1. The Morgan fingerprint density at radius 2 is 2.15 bits per heavy atom. The lowest BCUT2D eigenvalue weighted by atomic mass is 10.1. The molecule has 0 bridgehead atoms. The molecule has 1 unspecified atom stereocenters. The van der Waals surface area contributed by atoms with Crippen molar-refractivity contribution in [3.63, 3.8) is 0 Å². The number of nitrogens with zero attached hydrogens (tertiary/aromatic N) is 2. The monoisotopic (exact) mass is 367 g/mol. The molecule has 1 fully saturated rings. The highest BCUT2D eigenvalue weighted by atomic mass is 16.6. The van der Waals surface area contributed by atoms with Gasteiger partial charge in [0.2, 0.25) is 5.91 Å². The van der Waals surface area contributed by atoms with Gasteiger partial charge in [0.05, 0.1) is 17.3 Å². The Hall–Kier alpha value is -3.62. The molecule has 0 spiro atoms. The lowest BCUT2D eigenvalue weighted by molar-refractivity contribution is -0.119. The molecule has 1 aromatic carbocycles. The van der Waals surface area contributed by atoms with Crippen LogP contribution in [0.25, 0.3) is 22.3 Å². The first-order valence-electron chi connectivity index (χ1n) is 8.47. The van der Waals surface area contributed by atoms with Crippen LogP contribution in [0.5, 0.6) is 11.5 Å². The molecule has 0 aliphatic carbocycles. The zero-order chi connectivity index (χ0) is 18.8. The van der Waals surface area contributed by atoms with Crippen LogP contribution in [0.3, 0.4) is 0 Å². The summed E-state index contributed by atoms with van der Waals surface area (Å²) >= 11 is 0. The minimum absolute atomic E-state index is 0.0112. The van der Waals surface area contributed by atoms with E-state index < -0.39 is 6.09 Å². The molecule has 2 amide bonds. The van der Waals surface area contributed by atoms with Crippen LogP contribution in [0, 0.1) is 0 Å². The van der Waals surface area contributed by atoms with Gasteiger partial charge in [-0.05, 0) is 30.7 Å². The van der Waals surface area contributed by atoms with Crippen LogP contribution in [0.4, 0.5) is 4.79 Å². The number of pyridine rings is 1. The number of phenols is 1. The molecule has 1 aliphatic heterocycles. The maximum atomic E-state index is 12.2. The van der Waals surface area contributed by atoms with Crippen LogP contribution in [0.1, 0.15) is 12.8 Å². The number of benzene rings is 1. The maximum absolute atomic E-state index is 12.2. The van der Waals surface area contributed by atoms with Crippen molar-refractivity contribution in [1.29, 1.82) is 0 Å². The molecule has 0 saturated carbocycles. The van der Waals surface area contributed by atoms with Gasteiger partial charge < -0.3 is 20.5 Å². The fraction of sp³-hybridized carbons (Fsp3) is 0.222. The molecule has 3 heterocycles. The van der Waals surface area contributed by atoms with E-state index in [1.807, 2.05) is 0 Å². The van der Waals surface area contributed by atoms with Crippen LogP contribution in [0.15, 0.2) is 36.5 Å². The van der Waals surface area contributed by atoms with Crippen molar-refractivity contribution in [2.24, 2.45) is 0 Å². The average Bonchev–Trinajstić information content (AvgIpc) is 3.29. The summed E-state index contributed by atoms with van der Waals surface area (Å²) in [6.45, 7) is 0.301. The Labute approximate surface area is 153 Å². The number of hydrogen-bond acceptors (Lipinski definition) is 6. The SMILES string of the molecule is O=C1CCC(CNC(=O)Oc2cc(-c3ccc(O)cc3)nc3[nH]ncc23)N1. The topological polar surface area (TPSA) is 129 Å². The number of fused-ring (bicyclic) bond motifs is 1. The summed E-state index contributed by atoms with van der Waals surface area (Å²) in [7, 11) is 0. The van der Waals surface area contributed by atoms with E-state index in [0.717, 1.165) is 5.56 Å². The van der Waals surface area contributed by atoms with Crippen molar-refractivity contribution in [2.45, 2.75) is 18.9 Å². The van der Waals surface area contributed by atoms with E-state index in [1.54, 1.807) is 30.3 Å². The first kappa shape index (κ1) is 16.8. The molecule has 9 heteroatoms. The predicted octanol–water partition coefficient (Wildman–Crippen LogP) is 1.70. The van der Waals surface area contributed by atoms with Gasteiger partial charge in [-0.1, -0.05) is 0 Å². The van der Waals surface area contributed by atoms with Gasteiger partial charge in [-0.25, -0.2) is 9.78 Å². The van der Waals surface area contributed by atoms with Gasteiger partial charge in [-0.3, -0.25) is 9.89 Å². The van der Waals surface area contributed by atoms with Crippen LogP contribution < -0.4 is 15.4 Å². The van der Waals surface area contributed by atoms with E-state index in [2.05, 4.69) is 25.8 Å². The van der Waals surface area contributed by atoms with Gasteiger partial charge in [0.25, 0.3) is 0 Å². The zero-order valence-electron chi connectivity index (χ0n) is 14.2. The summed E-state index contributed by atoms with van der Waals surface area (Å²) in [6, 6.07) is 8.10. The van der Waals surface area contributed by atoms with Gasteiger partial charge in [0.15, 0.2) is 5.65 Å². The highest BCUT2D eigenvalue weighted by Crippen LogP contribution is 2.29. The molecule has 3 aromatic rings. The van der Waals surface area contributed by atoms with Gasteiger partial charge in [0.1, 0.15) is 11.5 Å². The second kappa shape index (κ2) is 6.94. The minimum atomic E-state index is -0.624. The summed E-state index contributed by atoms with van der Waals surface area (Å²) in [5.41, 5.74) is 1.80. The van der Waals surface area contributed by atoms with E-state index in [9.17, 15) is 14.7 Å². The molecule has 0 radical (unpaired) electrons. The Morgan fingerprint density at radius 3 is 2.89 bits per heavy atom. The predicted molar refractivity (Wildman–Crippen MR) is 96.2 cm³/mol. The molecular weight excluding hydrogens is 350 g/mol. The van der Waals surface area contributed by atoms with Crippen molar-refractivity contribution >= 4 is 23.0 Å². The van der Waals surface area contributed by atoms with Gasteiger partial charge in [-0.15, -0.1) is 0 Å². The van der Waals surface area contributed by atoms with Crippen LogP contribution >= 0.6 is 0 Å². The number of carbonyl (C=O) groups is 2. The molecule has 138 valence electrons. The van der Waals surface area contributed by atoms with E-state index >= 15 is 0 Å². The highest BCUT2D eigenvalue weighted by molar-refractivity contribution is 5.87. The summed E-state index contributed by atoms with van der Waals surface area (Å²) in [5, 5.41) is 22.2. The number of nitrogens with one attached hydrogen (secondary N) is 3. The van der Waals surface area contributed by atoms with E-state index in [-0.39, 0.29) is 17.7 Å². The number of amides is 2. The lowest BCUT2D eigenvalue weighted by Crippen LogP contribution is -2.39. The summed E-state index contributed by atoms with van der Waals surface area (Å²) in [4.78, 5) is 27.9. The smallest absolute Gasteiger partial charge is 0.412 e. The van der Waals surface area contributed by atoms with Crippen LogP contribution in [-0.4, -0.2) is 44.9 Å². The molecule has 27 heavy (non-hydrogen) atoms. The van der Waals surface area contributed by atoms with Crippen molar-refractivity contribution in [1.82, 2.24) is 25.8 Å². The molecule has 1 saturated heterocycles. The van der Waals surface area contributed by atoms with Crippen molar-refractivity contribution in [3.8, 4) is 22.8 Å². The van der Waals surface area contributed by atoms with Gasteiger partial charge in [0, 0.05) is 30.6 Å². The molecule has 4 N–H and O–H groups in total. The second-order valence-corrected chi connectivity index (χ2v) is 6.26. The number of aromatic hydroxyl groups is 1. The number of hydrogen-bond donors (Lipinski definition) is 4. The first-order chi connectivity index (χ1) is 13.1. The van der Waals surface area contributed by atoms with Crippen molar-refractivity contribution in [3.05, 3.63) is 36.5 Å². The molecule has 1 aliphatic rings. The second-order valence-electron chi connectivity index (χ2n) is 6.26. The molecule has 9 nitrogen and oxygen atoms in total. The first-order valence-corrected chi connectivity index (χ1v) is 8.47. The summed E-state index contributed by atoms with van der Waals surface area (Å²) < 4.78 is 5.45. The highest BCUT2D eigenvalue weighted by Gasteiger charge is 2.21. The molecular formula is C18H17N5O4. The number of rotatable bonds is 4. The molecule has 2 aromatic heterocycles. The third kappa shape index (κ3) is 3.66. The summed E-state index contributed by atoms with van der Waals surface area (Å²) in [6.07, 6.45) is 2.06.